The molecule has 8 nitrogen and oxygen atoms in total. The highest BCUT2D eigenvalue weighted by molar-refractivity contribution is 5.46. The standard InChI is InChI=1S/C20H27N5O3/c1-15-11-19(23-20(22-15)21-5-10-26-2)25-8-6-24(7-9-25)13-16-3-4-17-18(12-16)28-14-27-17/h3-4,11-12H,5-10,13-14H2,1-2H3,(H,21,22,23). The summed E-state index contributed by atoms with van der Waals surface area (Å²) in [5.41, 5.74) is 2.22. The minimum absolute atomic E-state index is 0.318. The van der Waals surface area contributed by atoms with Crippen molar-refractivity contribution in [3.05, 3.63) is 35.5 Å². The fourth-order valence-corrected chi connectivity index (χ4v) is 3.49. The van der Waals surface area contributed by atoms with Crippen LogP contribution in [0.3, 0.4) is 0 Å². The number of fused-ring (bicyclic) bond motifs is 1. The van der Waals surface area contributed by atoms with Gasteiger partial charge in [0.2, 0.25) is 12.7 Å². The van der Waals surface area contributed by atoms with Crippen molar-refractivity contribution in [2.75, 3.05) is 63.5 Å². The van der Waals surface area contributed by atoms with Crippen LogP contribution in [-0.2, 0) is 11.3 Å². The average molecular weight is 385 g/mol. The quantitative estimate of drug-likeness (QED) is 0.725. The fraction of sp³-hybridized carbons (Fsp3) is 0.500. The SMILES string of the molecule is COCCNc1nc(C)cc(N2CCN(Cc3ccc4c(c3)OCO4)CC2)n1. The first kappa shape index (κ1) is 18.8. The molecule has 8 heteroatoms. The van der Waals surface area contributed by atoms with E-state index in [-0.39, 0.29) is 0 Å². The number of aromatic nitrogens is 2. The van der Waals surface area contributed by atoms with Crippen molar-refractivity contribution in [1.29, 1.82) is 0 Å². The van der Waals surface area contributed by atoms with E-state index in [1.165, 1.54) is 5.56 Å². The summed E-state index contributed by atoms with van der Waals surface area (Å²) in [5.74, 6) is 3.33. The largest absolute Gasteiger partial charge is 0.454 e. The molecule has 2 aromatic rings. The van der Waals surface area contributed by atoms with E-state index in [0.29, 0.717) is 25.9 Å². The molecule has 28 heavy (non-hydrogen) atoms. The maximum Gasteiger partial charge on any atom is 0.231 e. The first-order valence-corrected chi connectivity index (χ1v) is 9.65. The highest BCUT2D eigenvalue weighted by atomic mass is 16.7. The number of rotatable bonds is 7. The van der Waals surface area contributed by atoms with Gasteiger partial charge in [-0.2, -0.15) is 4.98 Å². The van der Waals surface area contributed by atoms with E-state index in [1.54, 1.807) is 7.11 Å². The van der Waals surface area contributed by atoms with Gasteiger partial charge in [-0.05, 0) is 24.6 Å². The summed E-state index contributed by atoms with van der Waals surface area (Å²) in [6, 6.07) is 8.25. The summed E-state index contributed by atoms with van der Waals surface area (Å²) >= 11 is 0. The molecule has 0 spiro atoms. The number of nitrogens with zero attached hydrogens (tertiary/aromatic N) is 4. The predicted octanol–water partition coefficient (Wildman–Crippen LogP) is 1.89. The first-order valence-electron chi connectivity index (χ1n) is 9.65. The third-order valence-corrected chi connectivity index (χ3v) is 4.97. The molecule has 0 aliphatic carbocycles. The van der Waals surface area contributed by atoms with E-state index in [4.69, 9.17) is 14.2 Å². The maximum absolute atomic E-state index is 5.48. The van der Waals surface area contributed by atoms with Gasteiger partial charge in [0.15, 0.2) is 11.5 Å². The number of ether oxygens (including phenoxy) is 3. The number of piperazine rings is 1. The highest BCUT2D eigenvalue weighted by Crippen LogP contribution is 2.33. The van der Waals surface area contributed by atoms with Crippen molar-refractivity contribution in [3.63, 3.8) is 0 Å². The van der Waals surface area contributed by atoms with Gasteiger partial charge in [0, 0.05) is 58.1 Å². The second-order valence-electron chi connectivity index (χ2n) is 7.06. The van der Waals surface area contributed by atoms with Crippen LogP contribution in [0.5, 0.6) is 11.5 Å². The van der Waals surface area contributed by atoms with Crippen molar-refractivity contribution in [2.24, 2.45) is 0 Å². The number of methoxy groups -OCH3 is 1. The Hall–Kier alpha value is -2.58. The van der Waals surface area contributed by atoms with Crippen LogP contribution in [0.25, 0.3) is 0 Å². The number of aryl methyl sites for hydroxylation is 1. The lowest BCUT2D eigenvalue weighted by Crippen LogP contribution is -2.46. The third kappa shape index (κ3) is 4.45. The van der Waals surface area contributed by atoms with Gasteiger partial charge in [-0.25, -0.2) is 4.98 Å². The number of hydrogen-bond acceptors (Lipinski definition) is 8. The van der Waals surface area contributed by atoms with Crippen molar-refractivity contribution in [3.8, 4) is 11.5 Å². The van der Waals surface area contributed by atoms with Gasteiger partial charge in [0.05, 0.1) is 6.61 Å². The fourth-order valence-electron chi connectivity index (χ4n) is 3.49. The Kier molecular flexibility index (Phi) is 5.78. The molecule has 2 aliphatic rings. The van der Waals surface area contributed by atoms with Gasteiger partial charge in [0.25, 0.3) is 0 Å². The number of anilines is 2. The van der Waals surface area contributed by atoms with Crippen LogP contribution in [0.1, 0.15) is 11.3 Å². The molecular formula is C20H27N5O3. The molecule has 0 radical (unpaired) electrons. The molecule has 0 saturated carbocycles. The molecule has 3 heterocycles. The smallest absolute Gasteiger partial charge is 0.231 e. The minimum Gasteiger partial charge on any atom is -0.454 e. The molecule has 0 unspecified atom stereocenters. The Labute approximate surface area is 165 Å². The maximum atomic E-state index is 5.48. The molecule has 4 rings (SSSR count). The monoisotopic (exact) mass is 385 g/mol. The summed E-state index contributed by atoms with van der Waals surface area (Å²) < 4.78 is 16.0. The molecule has 2 aliphatic heterocycles. The number of nitrogens with one attached hydrogen (secondary N) is 1. The van der Waals surface area contributed by atoms with Crippen molar-refractivity contribution >= 4 is 11.8 Å². The van der Waals surface area contributed by atoms with Gasteiger partial charge in [-0.3, -0.25) is 4.90 Å². The zero-order chi connectivity index (χ0) is 19.3. The minimum atomic E-state index is 0.318. The Morgan fingerprint density at radius 2 is 1.89 bits per heavy atom. The topological polar surface area (TPSA) is 72.0 Å². The molecule has 1 aromatic heterocycles. The van der Waals surface area contributed by atoms with Crippen molar-refractivity contribution in [1.82, 2.24) is 14.9 Å². The van der Waals surface area contributed by atoms with E-state index in [2.05, 4.69) is 43.3 Å². The summed E-state index contributed by atoms with van der Waals surface area (Å²) in [5, 5.41) is 3.22. The molecule has 1 saturated heterocycles. The summed E-state index contributed by atoms with van der Waals surface area (Å²) in [4.78, 5) is 13.9. The van der Waals surface area contributed by atoms with E-state index in [9.17, 15) is 0 Å². The second-order valence-corrected chi connectivity index (χ2v) is 7.06. The van der Waals surface area contributed by atoms with E-state index < -0.39 is 0 Å². The summed E-state index contributed by atoms with van der Waals surface area (Å²) in [7, 11) is 1.69. The molecular weight excluding hydrogens is 358 g/mol. The van der Waals surface area contributed by atoms with Crippen LogP contribution in [0.4, 0.5) is 11.8 Å². The van der Waals surface area contributed by atoms with Gasteiger partial charge < -0.3 is 24.4 Å². The van der Waals surface area contributed by atoms with E-state index >= 15 is 0 Å². The normalized spacial score (nSPS) is 16.4. The van der Waals surface area contributed by atoms with Gasteiger partial charge in [-0.15, -0.1) is 0 Å². The summed E-state index contributed by atoms with van der Waals surface area (Å²) in [6.07, 6.45) is 0. The van der Waals surface area contributed by atoms with Crippen molar-refractivity contribution in [2.45, 2.75) is 13.5 Å². The number of benzene rings is 1. The lowest BCUT2D eigenvalue weighted by Gasteiger charge is -2.35. The average Bonchev–Trinajstić information content (AvgIpc) is 3.16. The van der Waals surface area contributed by atoms with Crippen LogP contribution >= 0.6 is 0 Å². The zero-order valence-electron chi connectivity index (χ0n) is 16.5. The Morgan fingerprint density at radius 3 is 2.71 bits per heavy atom. The van der Waals surface area contributed by atoms with Crippen LogP contribution < -0.4 is 19.7 Å². The van der Waals surface area contributed by atoms with Crippen LogP contribution in [0, 0.1) is 6.92 Å². The van der Waals surface area contributed by atoms with Crippen LogP contribution in [-0.4, -0.2) is 68.1 Å². The lowest BCUT2D eigenvalue weighted by atomic mass is 10.1. The first-order chi connectivity index (χ1) is 13.7. The van der Waals surface area contributed by atoms with Crippen LogP contribution in [0.15, 0.2) is 24.3 Å². The Morgan fingerprint density at radius 1 is 1.07 bits per heavy atom. The Bertz CT molecular complexity index is 808. The van der Waals surface area contributed by atoms with Gasteiger partial charge in [-0.1, -0.05) is 6.07 Å². The molecule has 0 atom stereocenters. The predicted molar refractivity (Wildman–Crippen MR) is 107 cm³/mol. The molecule has 0 amide bonds. The van der Waals surface area contributed by atoms with Gasteiger partial charge in [0.1, 0.15) is 5.82 Å². The second kappa shape index (κ2) is 8.62. The van der Waals surface area contributed by atoms with E-state index in [0.717, 1.165) is 55.7 Å². The van der Waals surface area contributed by atoms with E-state index in [1.807, 2.05) is 13.0 Å². The molecule has 1 fully saturated rings. The Balaban J connectivity index is 1.33. The molecule has 1 N–H and O–H groups in total. The lowest BCUT2D eigenvalue weighted by molar-refractivity contribution is 0.174. The molecule has 0 bridgehead atoms. The zero-order valence-corrected chi connectivity index (χ0v) is 16.5. The van der Waals surface area contributed by atoms with Crippen molar-refractivity contribution < 1.29 is 14.2 Å². The highest BCUT2D eigenvalue weighted by Gasteiger charge is 2.20. The molecule has 150 valence electrons. The summed E-state index contributed by atoms with van der Waals surface area (Å²) in [6.45, 7) is 8.43. The third-order valence-electron chi connectivity index (χ3n) is 4.97. The number of hydrogen-bond donors (Lipinski definition) is 1. The van der Waals surface area contributed by atoms with Crippen LogP contribution in [0.2, 0.25) is 0 Å². The molecule has 1 aromatic carbocycles. The van der Waals surface area contributed by atoms with Gasteiger partial charge >= 0.3 is 0 Å².